The third kappa shape index (κ3) is 3.50. The number of ether oxygens (including phenoxy) is 1. The summed E-state index contributed by atoms with van der Waals surface area (Å²) in [6, 6.07) is 13.3. The van der Waals surface area contributed by atoms with E-state index in [0.29, 0.717) is 0 Å². The highest BCUT2D eigenvalue weighted by Gasteiger charge is 2.30. The number of halogens is 4. The molecule has 0 unspecified atom stereocenters. The van der Waals surface area contributed by atoms with Gasteiger partial charge in [0.05, 0.1) is 0 Å². The zero-order valence-corrected chi connectivity index (χ0v) is 10.6. The molecule has 94 valence electrons. The number of rotatable bonds is 2. The number of hydrogen-bond acceptors (Lipinski definition) is 1. The molecule has 0 fully saturated rings. The van der Waals surface area contributed by atoms with Gasteiger partial charge in [-0.3, -0.25) is 0 Å². The zero-order chi connectivity index (χ0) is 13.2. The third-order valence-corrected chi connectivity index (χ3v) is 2.79. The van der Waals surface area contributed by atoms with Crippen LogP contribution in [0.3, 0.4) is 0 Å². The van der Waals surface area contributed by atoms with Gasteiger partial charge in [0.25, 0.3) is 0 Å². The molecule has 0 saturated carbocycles. The molecule has 0 atom stereocenters. The number of alkyl halides is 3. The van der Waals surface area contributed by atoms with E-state index in [1.54, 1.807) is 12.1 Å². The first-order valence-electron chi connectivity index (χ1n) is 5.06. The molecule has 2 aromatic carbocycles. The van der Waals surface area contributed by atoms with E-state index in [0.717, 1.165) is 15.6 Å². The minimum absolute atomic E-state index is 0.219. The van der Waals surface area contributed by atoms with Gasteiger partial charge in [0, 0.05) is 4.47 Å². The molecule has 0 saturated heterocycles. The van der Waals surface area contributed by atoms with Crippen molar-refractivity contribution in [1.29, 1.82) is 0 Å². The van der Waals surface area contributed by atoms with Gasteiger partial charge in [-0.15, -0.1) is 13.2 Å². The molecule has 5 heteroatoms. The molecule has 0 bridgehead atoms. The van der Waals surface area contributed by atoms with Gasteiger partial charge in [-0.1, -0.05) is 40.2 Å². The van der Waals surface area contributed by atoms with Crippen LogP contribution in [0.2, 0.25) is 0 Å². The standard InChI is InChI=1S/C13H8BrF3O/c14-11-5-1-9(2-6-11)10-3-7-12(8-4-10)18-13(15,16)17/h1-8H. The second-order valence-corrected chi connectivity index (χ2v) is 4.49. The second kappa shape index (κ2) is 5.02. The lowest BCUT2D eigenvalue weighted by molar-refractivity contribution is -0.274. The Morgan fingerprint density at radius 3 is 1.67 bits per heavy atom. The van der Waals surface area contributed by atoms with Crippen LogP contribution in [0, 0.1) is 0 Å². The Hall–Kier alpha value is -1.49. The van der Waals surface area contributed by atoms with Crippen molar-refractivity contribution in [3.8, 4) is 16.9 Å². The van der Waals surface area contributed by atoms with Crippen LogP contribution >= 0.6 is 15.9 Å². The van der Waals surface area contributed by atoms with E-state index >= 15 is 0 Å². The number of hydrogen-bond donors (Lipinski definition) is 0. The lowest BCUT2D eigenvalue weighted by atomic mass is 10.1. The van der Waals surface area contributed by atoms with Gasteiger partial charge in [0.15, 0.2) is 0 Å². The van der Waals surface area contributed by atoms with Crippen molar-refractivity contribution >= 4 is 15.9 Å². The first-order chi connectivity index (χ1) is 8.44. The fourth-order valence-corrected chi connectivity index (χ4v) is 1.76. The van der Waals surface area contributed by atoms with Gasteiger partial charge in [0.2, 0.25) is 0 Å². The fourth-order valence-electron chi connectivity index (χ4n) is 1.49. The van der Waals surface area contributed by atoms with Crippen molar-refractivity contribution in [2.75, 3.05) is 0 Å². The van der Waals surface area contributed by atoms with Gasteiger partial charge in [-0.05, 0) is 35.4 Å². The Bertz CT molecular complexity index is 517. The van der Waals surface area contributed by atoms with Gasteiger partial charge >= 0.3 is 6.36 Å². The molecular formula is C13H8BrF3O. The quantitative estimate of drug-likeness (QED) is 0.756. The van der Waals surface area contributed by atoms with Crippen LogP contribution in [0.5, 0.6) is 5.75 Å². The van der Waals surface area contributed by atoms with Crippen molar-refractivity contribution in [2.45, 2.75) is 6.36 Å². The molecule has 0 heterocycles. The summed E-state index contributed by atoms with van der Waals surface area (Å²) in [5.41, 5.74) is 1.76. The van der Waals surface area contributed by atoms with E-state index in [-0.39, 0.29) is 5.75 Å². The van der Waals surface area contributed by atoms with Crippen molar-refractivity contribution in [3.63, 3.8) is 0 Å². The summed E-state index contributed by atoms with van der Waals surface area (Å²) in [6.45, 7) is 0. The summed E-state index contributed by atoms with van der Waals surface area (Å²) in [7, 11) is 0. The van der Waals surface area contributed by atoms with E-state index in [9.17, 15) is 13.2 Å². The minimum Gasteiger partial charge on any atom is -0.406 e. The minimum atomic E-state index is -4.65. The molecule has 18 heavy (non-hydrogen) atoms. The van der Waals surface area contributed by atoms with E-state index in [2.05, 4.69) is 20.7 Å². The lowest BCUT2D eigenvalue weighted by Gasteiger charge is -2.09. The molecule has 0 amide bonds. The van der Waals surface area contributed by atoms with E-state index < -0.39 is 6.36 Å². The summed E-state index contributed by atoms with van der Waals surface area (Å²) in [5, 5.41) is 0. The molecule has 0 spiro atoms. The van der Waals surface area contributed by atoms with E-state index in [1.165, 1.54) is 12.1 Å². The average molecular weight is 317 g/mol. The van der Waals surface area contributed by atoms with Crippen LogP contribution in [0.1, 0.15) is 0 Å². The van der Waals surface area contributed by atoms with Crippen LogP contribution < -0.4 is 4.74 Å². The Balaban J connectivity index is 2.20. The highest BCUT2D eigenvalue weighted by atomic mass is 79.9. The first-order valence-corrected chi connectivity index (χ1v) is 5.85. The van der Waals surface area contributed by atoms with E-state index in [1.807, 2.05) is 24.3 Å². The highest BCUT2D eigenvalue weighted by molar-refractivity contribution is 9.10. The molecule has 2 aromatic rings. The maximum Gasteiger partial charge on any atom is 0.573 e. The first kappa shape index (κ1) is 13.0. The fraction of sp³-hybridized carbons (Fsp3) is 0.0769. The van der Waals surface area contributed by atoms with Gasteiger partial charge < -0.3 is 4.74 Å². The summed E-state index contributed by atoms with van der Waals surface area (Å²) in [5.74, 6) is -0.219. The summed E-state index contributed by atoms with van der Waals surface area (Å²) >= 11 is 3.32. The molecular weight excluding hydrogens is 309 g/mol. The number of benzene rings is 2. The van der Waals surface area contributed by atoms with Crippen molar-refractivity contribution < 1.29 is 17.9 Å². The third-order valence-electron chi connectivity index (χ3n) is 2.27. The topological polar surface area (TPSA) is 9.23 Å². The van der Waals surface area contributed by atoms with E-state index in [4.69, 9.17) is 0 Å². The average Bonchev–Trinajstić information content (AvgIpc) is 2.29. The SMILES string of the molecule is FC(F)(F)Oc1ccc(-c2ccc(Br)cc2)cc1. The van der Waals surface area contributed by atoms with Crippen LogP contribution in [0.25, 0.3) is 11.1 Å². The van der Waals surface area contributed by atoms with Gasteiger partial charge in [0.1, 0.15) is 5.75 Å². The van der Waals surface area contributed by atoms with Crippen molar-refractivity contribution in [1.82, 2.24) is 0 Å². The van der Waals surface area contributed by atoms with Crippen molar-refractivity contribution in [3.05, 3.63) is 53.0 Å². The monoisotopic (exact) mass is 316 g/mol. The Morgan fingerprint density at radius 1 is 0.778 bits per heavy atom. The highest BCUT2D eigenvalue weighted by Crippen LogP contribution is 2.27. The second-order valence-electron chi connectivity index (χ2n) is 3.58. The zero-order valence-electron chi connectivity index (χ0n) is 9.04. The largest absolute Gasteiger partial charge is 0.573 e. The predicted octanol–water partition coefficient (Wildman–Crippen LogP) is 5.01. The van der Waals surface area contributed by atoms with Crippen molar-refractivity contribution in [2.24, 2.45) is 0 Å². The molecule has 0 radical (unpaired) electrons. The maximum absolute atomic E-state index is 12.0. The molecule has 1 nitrogen and oxygen atoms in total. The smallest absolute Gasteiger partial charge is 0.406 e. The summed E-state index contributed by atoms with van der Waals surface area (Å²) in [6.07, 6.45) is -4.65. The normalized spacial score (nSPS) is 11.3. The molecule has 0 aliphatic carbocycles. The molecule has 0 N–H and O–H groups in total. The maximum atomic E-state index is 12.0. The molecule has 2 rings (SSSR count). The van der Waals surface area contributed by atoms with Crippen LogP contribution in [0.15, 0.2) is 53.0 Å². The summed E-state index contributed by atoms with van der Waals surface area (Å²) < 4.78 is 40.7. The Morgan fingerprint density at radius 2 is 1.22 bits per heavy atom. The Labute approximate surface area is 110 Å². The molecule has 0 aliphatic rings. The van der Waals surface area contributed by atoms with Crippen LogP contribution in [-0.2, 0) is 0 Å². The molecule has 0 aliphatic heterocycles. The molecule has 0 aromatic heterocycles. The van der Waals surface area contributed by atoms with Crippen LogP contribution in [-0.4, -0.2) is 6.36 Å². The predicted molar refractivity (Wildman–Crippen MR) is 66.3 cm³/mol. The van der Waals surface area contributed by atoms with Gasteiger partial charge in [-0.2, -0.15) is 0 Å². The lowest BCUT2D eigenvalue weighted by Crippen LogP contribution is -2.16. The Kier molecular flexibility index (Phi) is 3.61. The van der Waals surface area contributed by atoms with Crippen LogP contribution in [0.4, 0.5) is 13.2 Å². The summed E-state index contributed by atoms with van der Waals surface area (Å²) in [4.78, 5) is 0. The van der Waals surface area contributed by atoms with Gasteiger partial charge in [-0.25, -0.2) is 0 Å².